The minimum absolute atomic E-state index is 0.275. The van der Waals surface area contributed by atoms with Crippen molar-refractivity contribution >= 4 is 11.3 Å². The second kappa shape index (κ2) is 4.71. The second-order valence-corrected chi connectivity index (χ2v) is 4.40. The number of ether oxygens (including phenoxy) is 1. The summed E-state index contributed by atoms with van der Waals surface area (Å²) in [6, 6.07) is 0. The summed E-state index contributed by atoms with van der Waals surface area (Å²) in [7, 11) is 0. The Kier molecular flexibility index (Phi) is 3.32. The van der Waals surface area contributed by atoms with Crippen LogP contribution in [0.5, 0.6) is 0 Å². The van der Waals surface area contributed by atoms with E-state index in [1.54, 1.807) is 11.3 Å². The van der Waals surface area contributed by atoms with E-state index < -0.39 is 0 Å². The van der Waals surface area contributed by atoms with E-state index in [1.165, 1.54) is 12.1 Å². The van der Waals surface area contributed by atoms with Crippen molar-refractivity contribution < 1.29 is 4.74 Å². The lowest BCUT2D eigenvalue weighted by molar-refractivity contribution is 0.111. The van der Waals surface area contributed by atoms with Gasteiger partial charge in [0.1, 0.15) is 11.1 Å². The summed E-state index contributed by atoms with van der Waals surface area (Å²) in [6.45, 7) is 4.61. The van der Waals surface area contributed by atoms with E-state index in [9.17, 15) is 0 Å². The molecule has 1 saturated heterocycles. The van der Waals surface area contributed by atoms with Crippen LogP contribution in [0, 0.1) is 0 Å². The van der Waals surface area contributed by atoms with Crippen LogP contribution in [0.1, 0.15) is 36.1 Å². The largest absolute Gasteiger partial charge is 0.371 e. The Labute approximate surface area is 88.6 Å². The van der Waals surface area contributed by atoms with Crippen LogP contribution in [-0.2, 0) is 11.2 Å². The highest BCUT2D eigenvalue weighted by Gasteiger charge is 2.20. The first-order valence-electron chi connectivity index (χ1n) is 5.07. The fourth-order valence-electron chi connectivity index (χ4n) is 1.61. The van der Waals surface area contributed by atoms with Gasteiger partial charge in [-0.05, 0) is 25.7 Å². The first-order valence-corrected chi connectivity index (χ1v) is 5.95. The second-order valence-electron chi connectivity index (χ2n) is 3.51. The maximum atomic E-state index is 5.58. The zero-order chi connectivity index (χ0) is 9.80. The van der Waals surface area contributed by atoms with Crippen LogP contribution in [0.25, 0.3) is 0 Å². The van der Waals surface area contributed by atoms with Gasteiger partial charge in [0.05, 0.1) is 5.69 Å². The molecule has 1 aromatic heterocycles. The van der Waals surface area contributed by atoms with E-state index in [1.807, 2.05) is 6.08 Å². The van der Waals surface area contributed by atoms with Gasteiger partial charge in [0.25, 0.3) is 0 Å². The van der Waals surface area contributed by atoms with Crippen LogP contribution in [0.15, 0.2) is 18.0 Å². The molecule has 1 aliphatic heterocycles. The van der Waals surface area contributed by atoms with Gasteiger partial charge in [0.2, 0.25) is 0 Å². The lowest BCUT2D eigenvalue weighted by atomic mass is 10.2. The molecule has 0 radical (unpaired) electrons. The molecule has 0 bridgehead atoms. The van der Waals surface area contributed by atoms with Gasteiger partial charge >= 0.3 is 0 Å². The smallest absolute Gasteiger partial charge is 0.122 e. The van der Waals surface area contributed by atoms with Crippen molar-refractivity contribution in [1.29, 1.82) is 0 Å². The average Bonchev–Trinajstić information content (AvgIpc) is 2.85. The Morgan fingerprint density at radius 1 is 1.71 bits per heavy atom. The Balaban J connectivity index is 1.97. The SMILES string of the molecule is C=CCCc1csc(C2CCCO2)n1. The standard InChI is InChI=1S/C11H15NOS/c1-2-3-5-9-8-14-11(12-9)10-6-4-7-13-10/h2,8,10H,1,3-7H2. The maximum absolute atomic E-state index is 5.58. The average molecular weight is 209 g/mol. The molecule has 0 aliphatic carbocycles. The van der Waals surface area contributed by atoms with Gasteiger partial charge in [-0.2, -0.15) is 0 Å². The van der Waals surface area contributed by atoms with Gasteiger partial charge in [-0.3, -0.25) is 0 Å². The molecule has 2 heterocycles. The van der Waals surface area contributed by atoms with Crippen molar-refractivity contribution in [3.63, 3.8) is 0 Å². The van der Waals surface area contributed by atoms with Crippen LogP contribution in [-0.4, -0.2) is 11.6 Å². The minimum atomic E-state index is 0.275. The number of hydrogen-bond donors (Lipinski definition) is 0. The monoisotopic (exact) mass is 209 g/mol. The molecule has 1 atom stereocenters. The molecule has 0 saturated carbocycles. The number of aryl methyl sites for hydroxylation is 1. The molecule has 0 amide bonds. The molecule has 0 spiro atoms. The van der Waals surface area contributed by atoms with E-state index in [-0.39, 0.29) is 6.10 Å². The first-order chi connectivity index (χ1) is 6.90. The molecule has 1 aromatic rings. The predicted octanol–water partition coefficient (Wildman–Crippen LogP) is 3.11. The molecule has 3 heteroatoms. The molecule has 0 N–H and O–H groups in total. The fourth-order valence-corrected chi connectivity index (χ4v) is 2.54. The topological polar surface area (TPSA) is 22.1 Å². The molecule has 2 rings (SSSR count). The van der Waals surface area contributed by atoms with Crippen molar-refractivity contribution in [2.24, 2.45) is 0 Å². The van der Waals surface area contributed by atoms with Crippen molar-refractivity contribution in [2.75, 3.05) is 6.61 Å². The Hall–Kier alpha value is -0.670. The van der Waals surface area contributed by atoms with Gasteiger partial charge in [-0.25, -0.2) is 4.98 Å². The van der Waals surface area contributed by atoms with E-state index in [4.69, 9.17) is 4.74 Å². The number of rotatable bonds is 4. The van der Waals surface area contributed by atoms with E-state index in [2.05, 4.69) is 16.9 Å². The molecule has 1 fully saturated rings. The van der Waals surface area contributed by atoms with Crippen LogP contribution >= 0.6 is 11.3 Å². The van der Waals surface area contributed by atoms with Crippen LogP contribution in [0.2, 0.25) is 0 Å². The molecule has 1 unspecified atom stereocenters. The molecule has 14 heavy (non-hydrogen) atoms. The summed E-state index contributed by atoms with van der Waals surface area (Å²) in [5, 5.41) is 3.29. The number of aromatic nitrogens is 1. The van der Waals surface area contributed by atoms with E-state index in [0.29, 0.717) is 0 Å². The van der Waals surface area contributed by atoms with Crippen LogP contribution in [0.4, 0.5) is 0 Å². The number of thiazole rings is 1. The zero-order valence-corrected chi connectivity index (χ0v) is 9.05. The van der Waals surface area contributed by atoms with Crippen LogP contribution < -0.4 is 0 Å². The van der Waals surface area contributed by atoms with Crippen molar-refractivity contribution in [2.45, 2.75) is 31.8 Å². The molecule has 2 nitrogen and oxygen atoms in total. The third-order valence-electron chi connectivity index (χ3n) is 2.38. The highest BCUT2D eigenvalue weighted by atomic mass is 32.1. The van der Waals surface area contributed by atoms with Crippen molar-refractivity contribution in [3.05, 3.63) is 28.7 Å². The third kappa shape index (κ3) is 2.22. The Morgan fingerprint density at radius 2 is 2.64 bits per heavy atom. The Bertz CT molecular complexity index is 302. The Morgan fingerprint density at radius 3 is 3.36 bits per heavy atom. The predicted molar refractivity (Wildman–Crippen MR) is 58.6 cm³/mol. The van der Waals surface area contributed by atoms with Crippen molar-refractivity contribution in [1.82, 2.24) is 4.98 Å². The number of allylic oxidation sites excluding steroid dienone is 1. The lowest BCUT2D eigenvalue weighted by Gasteiger charge is -2.03. The summed E-state index contributed by atoms with van der Waals surface area (Å²) in [6.07, 6.45) is 6.53. The van der Waals surface area contributed by atoms with Gasteiger partial charge < -0.3 is 4.74 Å². The summed E-state index contributed by atoms with van der Waals surface area (Å²) in [5.74, 6) is 0. The zero-order valence-electron chi connectivity index (χ0n) is 8.24. The molecule has 0 aromatic carbocycles. The van der Waals surface area contributed by atoms with Crippen LogP contribution in [0.3, 0.4) is 0 Å². The van der Waals surface area contributed by atoms with Crippen molar-refractivity contribution in [3.8, 4) is 0 Å². The molecule has 1 aliphatic rings. The number of hydrogen-bond acceptors (Lipinski definition) is 3. The normalized spacial score (nSPS) is 21.3. The molecule has 76 valence electrons. The summed E-state index contributed by atoms with van der Waals surface area (Å²) >= 11 is 1.73. The quantitative estimate of drug-likeness (QED) is 0.711. The molecular formula is C11H15NOS. The maximum Gasteiger partial charge on any atom is 0.122 e. The third-order valence-corrected chi connectivity index (χ3v) is 3.36. The highest BCUT2D eigenvalue weighted by molar-refractivity contribution is 7.09. The molecular weight excluding hydrogens is 194 g/mol. The summed E-state index contributed by atoms with van der Waals surface area (Å²) in [5.41, 5.74) is 1.18. The first kappa shape index (κ1) is 9.87. The summed E-state index contributed by atoms with van der Waals surface area (Å²) in [4.78, 5) is 4.58. The van der Waals surface area contributed by atoms with E-state index >= 15 is 0 Å². The summed E-state index contributed by atoms with van der Waals surface area (Å²) < 4.78 is 5.58. The van der Waals surface area contributed by atoms with E-state index in [0.717, 1.165) is 30.9 Å². The van der Waals surface area contributed by atoms with Gasteiger partial charge in [-0.15, -0.1) is 17.9 Å². The van der Waals surface area contributed by atoms with Gasteiger partial charge in [0, 0.05) is 12.0 Å². The fraction of sp³-hybridized carbons (Fsp3) is 0.545. The minimum Gasteiger partial charge on any atom is -0.371 e. The lowest BCUT2D eigenvalue weighted by Crippen LogP contribution is -1.95. The van der Waals surface area contributed by atoms with Gasteiger partial charge in [0.15, 0.2) is 0 Å². The highest BCUT2D eigenvalue weighted by Crippen LogP contribution is 2.30. The number of nitrogens with zero attached hydrogens (tertiary/aromatic N) is 1. The van der Waals surface area contributed by atoms with Gasteiger partial charge in [-0.1, -0.05) is 6.08 Å².